The molecule has 0 amide bonds. The van der Waals surface area contributed by atoms with Gasteiger partial charge in [-0.25, -0.2) is 4.98 Å². The van der Waals surface area contributed by atoms with Gasteiger partial charge >= 0.3 is 0 Å². The van der Waals surface area contributed by atoms with Crippen molar-refractivity contribution in [3.8, 4) is 17.0 Å². The molecule has 2 aromatic heterocycles. The Balaban J connectivity index is 2.10. The van der Waals surface area contributed by atoms with Gasteiger partial charge in [0.1, 0.15) is 5.75 Å². The first-order valence-corrected chi connectivity index (χ1v) is 6.87. The molecule has 0 radical (unpaired) electrons. The number of aromatic nitrogens is 2. The Kier molecular flexibility index (Phi) is 2.64. The van der Waals surface area contributed by atoms with Crippen molar-refractivity contribution in [2.24, 2.45) is 0 Å². The molecule has 102 valence electrons. The van der Waals surface area contributed by atoms with Crippen LogP contribution in [0.25, 0.3) is 27.8 Å². The van der Waals surface area contributed by atoms with Crippen molar-refractivity contribution in [2.75, 3.05) is 7.11 Å². The fourth-order valence-corrected chi connectivity index (χ4v) is 2.69. The van der Waals surface area contributed by atoms with E-state index in [9.17, 15) is 0 Å². The van der Waals surface area contributed by atoms with Crippen LogP contribution in [0.3, 0.4) is 0 Å². The molecule has 0 aliphatic rings. The van der Waals surface area contributed by atoms with E-state index in [-0.39, 0.29) is 0 Å². The zero-order valence-electron chi connectivity index (χ0n) is 11.7. The minimum Gasteiger partial charge on any atom is -0.497 e. The summed E-state index contributed by atoms with van der Waals surface area (Å²) in [5.41, 5.74) is 5.23. The number of ether oxygens (including phenoxy) is 1. The first-order chi connectivity index (χ1) is 10.4. The normalized spacial score (nSPS) is 11.1. The van der Waals surface area contributed by atoms with Crippen molar-refractivity contribution in [1.29, 1.82) is 0 Å². The van der Waals surface area contributed by atoms with Crippen LogP contribution >= 0.6 is 0 Å². The van der Waals surface area contributed by atoms with Crippen LogP contribution < -0.4 is 4.74 Å². The molecule has 2 aromatic carbocycles. The number of nitrogens with zero attached hydrogens (tertiary/aromatic N) is 2. The van der Waals surface area contributed by atoms with Gasteiger partial charge in [0.05, 0.1) is 29.4 Å². The summed E-state index contributed by atoms with van der Waals surface area (Å²) in [7, 11) is 1.68. The molecule has 0 bridgehead atoms. The maximum Gasteiger partial charge on any atom is 0.121 e. The topological polar surface area (TPSA) is 26.5 Å². The van der Waals surface area contributed by atoms with Crippen LogP contribution in [0.1, 0.15) is 0 Å². The number of fused-ring (bicyclic) bond motifs is 3. The molecule has 0 aliphatic heterocycles. The molecule has 0 aliphatic carbocycles. The number of methoxy groups -OCH3 is 1. The Morgan fingerprint density at radius 1 is 0.905 bits per heavy atom. The standard InChI is InChI=1S/C18H14N2O/c1-21-14-9-10-15-17(12-14)20-11-5-8-16(20)18(19-15)13-6-3-2-4-7-13/h2-12H,1H3. The third-order valence-electron chi connectivity index (χ3n) is 3.71. The summed E-state index contributed by atoms with van der Waals surface area (Å²) in [5, 5.41) is 0. The van der Waals surface area contributed by atoms with Gasteiger partial charge in [-0.1, -0.05) is 30.3 Å². The van der Waals surface area contributed by atoms with Crippen molar-refractivity contribution in [3.05, 3.63) is 66.9 Å². The quantitative estimate of drug-likeness (QED) is 0.548. The second-order valence-electron chi connectivity index (χ2n) is 4.94. The van der Waals surface area contributed by atoms with Gasteiger partial charge in [0.15, 0.2) is 0 Å². The maximum absolute atomic E-state index is 5.32. The molecule has 0 saturated carbocycles. The monoisotopic (exact) mass is 274 g/mol. The summed E-state index contributed by atoms with van der Waals surface area (Å²) in [5.74, 6) is 0.840. The number of hydrogen-bond acceptors (Lipinski definition) is 2. The summed E-state index contributed by atoms with van der Waals surface area (Å²) in [6.07, 6.45) is 2.06. The Morgan fingerprint density at radius 3 is 2.57 bits per heavy atom. The summed E-state index contributed by atoms with van der Waals surface area (Å²) in [6, 6.07) is 20.4. The molecule has 4 aromatic rings. The van der Waals surface area contributed by atoms with Gasteiger partial charge in [-0.05, 0) is 24.3 Å². The molecule has 3 nitrogen and oxygen atoms in total. The van der Waals surface area contributed by atoms with Gasteiger partial charge in [0.2, 0.25) is 0 Å². The molecule has 21 heavy (non-hydrogen) atoms. The van der Waals surface area contributed by atoms with Crippen LogP contribution in [-0.2, 0) is 0 Å². The predicted molar refractivity (Wildman–Crippen MR) is 84.7 cm³/mol. The molecule has 0 unspecified atom stereocenters. The minimum atomic E-state index is 0.840. The molecule has 0 spiro atoms. The van der Waals surface area contributed by atoms with Gasteiger partial charge in [0.25, 0.3) is 0 Å². The van der Waals surface area contributed by atoms with Crippen LogP contribution in [0.4, 0.5) is 0 Å². The van der Waals surface area contributed by atoms with E-state index in [1.54, 1.807) is 7.11 Å². The Labute approximate surface area is 122 Å². The molecule has 0 atom stereocenters. The SMILES string of the molecule is COc1ccc2nc(-c3ccccc3)c3cccn3c2c1. The van der Waals surface area contributed by atoms with Gasteiger partial charge in [-0.15, -0.1) is 0 Å². The van der Waals surface area contributed by atoms with Crippen LogP contribution in [0.15, 0.2) is 66.9 Å². The number of hydrogen-bond donors (Lipinski definition) is 0. The van der Waals surface area contributed by atoms with Crippen molar-refractivity contribution in [1.82, 2.24) is 9.38 Å². The highest BCUT2D eigenvalue weighted by Gasteiger charge is 2.10. The fourth-order valence-electron chi connectivity index (χ4n) is 2.69. The van der Waals surface area contributed by atoms with Crippen molar-refractivity contribution < 1.29 is 4.74 Å². The van der Waals surface area contributed by atoms with Gasteiger partial charge in [0, 0.05) is 17.8 Å². The molecule has 0 fully saturated rings. The smallest absolute Gasteiger partial charge is 0.121 e. The van der Waals surface area contributed by atoms with E-state index in [4.69, 9.17) is 9.72 Å². The lowest BCUT2D eigenvalue weighted by Gasteiger charge is -2.10. The Hall–Kier alpha value is -2.81. The zero-order chi connectivity index (χ0) is 14.2. The summed E-state index contributed by atoms with van der Waals surface area (Å²) >= 11 is 0. The van der Waals surface area contributed by atoms with Crippen LogP contribution in [0, 0.1) is 0 Å². The third kappa shape index (κ3) is 1.86. The summed E-state index contributed by atoms with van der Waals surface area (Å²) in [4.78, 5) is 4.84. The summed E-state index contributed by atoms with van der Waals surface area (Å²) in [6.45, 7) is 0. The lowest BCUT2D eigenvalue weighted by atomic mass is 10.1. The van der Waals surface area contributed by atoms with E-state index in [0.29, 0.717) is 0 Å². The van der Waals surface area contributed by atoms with E-state index in [2.05, 4.69) is 28.8 Å². The first-order valence-electron chi connectivity index (χ1n) is 6.87. The van der Waals surface area contributed by atoms with E-state index >= 15 is 0 Å². The average molecular weight is 274 g/mol. The molecule has 4 rings (SSSR count). The highest BCUT2D eigenvalue weighted by Crippen LogP contribution is 2.28. The van der Waals surface area contributed by atoms with Crippen molar-refractivity contribution >= 4 is 16.6 Å². The Bertz CT molecular complexity index is 926. The lowest BCUT2D eigenvalue weighted by Crippen LogP contribution is -1.95. The molecule has 2 heterocycles. The van der Waals surface area contributed by atoms with Gasteiger partial charge < -0.3 is 9.14 Å². The van der Waals surface area contributed by atoms with E-state index in [0.717, 1.165) is 33.6 Å². The van der Waals surface area contributed by atoms with Crippen molar-refractivity contribution in [2.45, 2.75) is 0 Å². The largest absolute Gasteiger partial charge is 0.497 e. The summed E-state index contributed by atoms with van der Waals surface area (Å²) < 4.78 is 7.48. The zero-order valence-corrected chi connectivity index (χ0v) is 11.7. The maximum atomic E-state index is 5.32. The highest BCUT2D eigenvalue weighted by atomic mass is 16.5. The lowest BCUT2D eigenvalue weighted by molar-refractivity contribution is 0.415. The molecular formula is C18H14N2O. The van der Waals surface area contributed by atoms with E-state index in [1.807, 2.05) is 42.5 Å². The van der Waals surface area contributed by atoms with Crippen LogP contribution in [-0.4, -0.2) is 16.5 Å². The van der Waals surface area contributed by atoms with Crippen molar-refractivity contribution in [3.63, 3.8) is 0 Å². The second kappa shape index (κ2) is 4.63. The Morgan fingerprint density at radius 2 is 1.76 bits per heavy atom. The first kappa shape index (κ1) is 12.0. The second-order valence-corrected chi connectivity index (χ2v) is 4.94. The third-order valence-corrected chi connectivity index (χ3v) is 3.71. The highest BCUT2D eigenvalue weighted by molar-refractivity contribution is 5.88. The number of rotatable bonds is 2. The van der Waals surface area contributed by atoms with Crippen LogP contribution in [0.5, 0.6) is 5.75 Å². The fraction of sp³-hybridized carbons (Fsp3) is 0.0556. The molecule has 0 N–H and O–H groups in total. The minimum absolute atomic E-state index is 0.840. The molecule has 3 heteroatoms. The molecular weight excluding hydrogens is 260 g/mol. The van der Waals surface area contributed by atoms with E-state index < -0.39 is 0 Å². The predicted octanol–water partition coefficient (Wildman–Crippen LogP) is 4.16. The van der Waals surface area contributed by atoms with Crippen LogP contribution in [0.2, 0.25) is 0 Å². The van der Waals surface area contributed by atoms with Gasteiger partial charge in [-0.3, -0.25) is 0 Å². The van der Waals surface area contributed by atoms with E-state index in [1.165, 1.54) is 0 Å². The average Bonchev–Trinajstić information content (AvgIpc) is 3.04. The molecule has 0 saturated heterocycles. The van der Waals surface area contributed by atoms with Gasteiger partial charge in [-0.2, -0.15) is 0 Å². The number of benzene rings is 2.